The lowest BCUT2D eigenvalue weighted by Gasteiger charge is -2.04. The SMILES string of the molecule is CCCCCCCCCCCCCCCCCCCCC(=O)OC.CCCCCCCCCCCCCCCCCCCCC(=O)OC. The van der Waals surface area contributed by atoms with Crippen molar-refractivity contribution >= 4 is 11.9 Å². The Labute approximate surface area is 302 Å². The molecule has 0 N–H and O–H groups in total. The van der Waals surface area contributed by atoms with Crippen LogP contribution in [0.2, 0.25) is 0 Å². The topological polar surface area (TPSA) is 52.6 Å². The molecule has 0 radical (unpaired) electrons. The number of methoxy groups -OCH3 is 2. The van der Waals surface area contributed by atoms with E-state index in [0.717, 1.165) is 12.8 Å². The molecule has 4 nitrogen and oxygen atoms in total. The van der Waals surface area contributed by atoms with E-state index in [-0.39, 0.29) is 11.9 Å². The van der Waals surface area contributed by atoms with Crippen molar-refractivity contribution in [2.45, 2.75) is 258 Å². The second-order valence-electron chi connectivity index (χ2n) is 14.7. The van der Waals surface area contributed by atoms with E-state index in [9.17, 15) is 9.59 Å². The van der Waals surface area contributed by atoms with E-state index < -0.39 is 0 Å². The number of carbonyl (C=O) groups is 2. The maximum atomic E-state index is 11.0. The summed E-state index contributed by atoms with van der Waals surface area (Å²) in [7, 11) is 2.94. The monoisotopic (exact) mass is 681 g/mol. The van der Waals surface area contributed by atoms with Crippen molar-refractivity contribution in [1.29, 1.82) is 0 Å². The first-order chi connectivity index (χ1) is 23.6. The molecular formula is C44H88O4. The fourth-order valence-electron chi connectivity index (χ4n) is 6.55. The predicted molar refractivity (Wildman–Crippen MR) is 211 cm³/mol. The van der Waals surface area contributed by atoms with E-state index in [2.05, 4.69) is 23.3 Å². The molecule has 0 bridgehead atoms. The van der Waals surface area contributed by atoms with Crippen LogP contribution in [0.25, 0.3) is 0 Å². The van der Waals surface area contributed by atoms with Gasteiger partial charge >= 0.3 is 11.9 Å². The Morgan fingerprint density at radius 2 is 0.417 bits per heavy atom. The number of hydrogen-bond donors (Lipinski definition) is 0. The van der Waals surface area contributed by atoms with Crippen LogP contribution in [-0.4, -0.2) is 26.2 Å². The van der Waals surface area contributed by atoms with Crippen LogP contribution in [0.3, 0.4) is 0 Å². The second kappa shape index (κ2) is 45.9. The molecule has 0 aromatic heterocycles. The molecule has 0 saturated heterocycles. The van der Waals surface area contributed by atoms with Crippen LogP contribution < -0.4 is 0 Å². The normalized spacial score (nSPS) is 10.9. The molecule has 0 atom stereocenters. The van der Waals surface area contributed by atoms with Crippen LogP contribution >= 0.6 is 0 Å². The zero-order chi connectivity index (χ0) is 35.4. The van der Waals surface area contributed by atoms with Crippen LogP contribution in [0.4, 0.5) is 0 Å². The van der Waals surface area contributed by atoms with Gasteiger partial charge in [0, 0.05) is 12.8 Å². The Morgan fingerprint density at radius 1 is 0.271 bits per heavy atom. The summed E-state index contributed by atoms with van der Waals surface area (Å²) in [5.74, 6) is -0.127. The highest BCUT2D eigenvalue weighted by Crippen LogP contribution is 2.16. The Bertz CT molecular complexity index is 553. The van der Waals surface area contributed by atoms with Crippen LogP contribution in [0, 0.1) is 0 Å². The third-order valence-electron chi connectivity index (χ3n) is 9.92. The molecule has 0 spiro atoms. The van der Waals surface area contributed by atoms with Crippen molar-refractivity contribution in [2.24, 2.45) is 0 Å². The molecule has 0 fully saturated rings. The van der Waals surface area contributed by atoms with E-state index in [1.165, 1.54) is 233 Å². The molecule has 0 aliphatic carbocycles. The number of rotatable bonds is 38. The van der Waals surface area contributed by atoms with Gasteiger partial charge in [0.25, 0.3) is 0 Å². The average Bonchev–Trinajstić information content (AvgIpc) is 3.10. The zero-order valence-corrected chi connectivity index (χ0v) is 33.5. The van der Waals surface area contributed by atoms with E-state index >= 15 is 0 Å². The Balaban J connectivity index is 0. The van der Waals surface area contributed by atoms with Crippen molar-refractivity contribution in [2.75, 3.05) is 14.2 Å². The molecule has 0 amide bonds. The lowest BCUT2D eigenvalue weighted by Crippen LogP contribution is -1.99. The third-order valence-corrected chi connectivity index (χ3v) is 9.92. The van der Waals surface area contributed by atoms with Gasteiger partial charge in [0.15, 0.2) is 0 Å². The highest BCUT2D eigenvalue weighted by atomic mass is 16.5. The van der Waals surface area contributed by atoms with Crippen molar-refractivity contribution in [3.05, 3.63) is 0 Å². The summed E-state index contributed by atoms with van der Waals surface area (Å²) >= 11 is 0. The van der Waals surface area contributed by atoms with Crippen molar-refractivity contribution in [3.8, 4) is 0 Å². The van der Waals surface area contributed by atoms with Gasteiger partial charge in [0.05, 0.1) is 14.2 Å². The summed E-state index contributed by atoms with van der Waals surface area (Å²) in [5, 5.41) is 0. The summed E-state index contributed by atoms with van der Waals surface area (Å²) in [6.07, 6.45) is 50.7. The fraction of sp³-hybridized carbons (Fsp3) is 0.955. The zero-order valence-electron chi connectivity index (χ0n) is 33.5. The van der Waals surface area contributed by atoms with Crippen molar-refractivity contribution < 1.29 is 19.1 Å². The molecule has 0 rings (SSSR count). The summed E-state index contributed by atoms with van der Waals surface area (Å²) < 4.78 is 9.29. The van der Waals surface area contributed by atoms with Crippen LogP contribution in [0.15, 0.2) is 0 Å². The quantitative estimate of drug-likeness (QED) is 0.0481. The maximum Gasteiger partial charge on any atom is 0.305 e. The second-order valence-corrected chi connectivity index (χ2v) is 14.7. The summed E-state index contributed by atoms with van der Waals surface area (Å²) in [6, 6.07) is 0. The molecule has 0 aliphatic rings. The Hall–Kier alpha value is -1.06. The smallest absolute Gasteiger partial charge is 0.305 e. The van der Waals surface area contributed by atoms with Crippen LogP contribution in [0.5, 0.6) is 0 Å². The Morgan fingerprint density at radius 3 is 0.562 bits per heavy atom. The standard InChI is InChI=1S/2C22H44O2/c2*1-3-4-5-6-7-8-9-10-11-12-13-14-15-16-17-18-19-20-21-22(23)24-2/h2*3-21H2,1-2H3. The molecule has 0 aromatic rings. The van der Waals surface area contributed by atoms with E-state index in [1.54, 1.807) is 0 Å². The lowest BCUT2D eigenvalue weighted by atomic mass is 10.0. The first kappa shape index (κ1) is 49.1. The van der Waals surface area contributed by atoms with Crippen molar-refractivity contribution in [1.82, 2.24) is 0 Å². The number of carbonyl (C=O) groups excluding carboxylic acids is 2. The summed E-state index contributed by atoms with van der Waals surface area (Å²) in [5.41, 5.74) is 0. The molecule has 4 heteroatoms. The minimum absolute atomic E-state index is 0.0634. The summed E-state index contributed by atoms with van der Waals surface area (Å²) in [6.45, 7) is 4.57. The molecule has 0 aliphatic heterocycles. The van der Waals surface area contributed by atoms with Gasteiger partial charge in [0.1, 0.15) is 0 Å². The van der Waals surface area contributed by atoms with Gasteiger partial charge in [-0.05, 0) is 12.8 Å². The van der Waals surface area contributed by atoms with E-state index in [4.69, 9.17) is 0 Å². The van der Waals surface area contributed by atoms with Gasteiger partial charge in [-0.1, -0.05) is 232 Å². The highest BCUT2D eigenvalue weighted by Gasteiger charge is 2.01. The largest absolute Gasteiger partial charge is 0.469 e. The highest BCUT2D eigenvalue weighted by molar-refractivity contribution is 5.69. The van der Waals surface area contributed by atoms with Crippen LogP contribution in [0.1, 0.15) is 258 Å². The van der Waals surface area contributed by atoms with E-state index in [1.807, 2.05) is 0 Å². The number of hydrogen-bond acceptors (Lipinski definition) is 4. The first-order valence-electron chi connectivity index (χ1n) is 21.8. The molecular weight excluding hydrogens is 592 g/mol. The first-order valence-corrected chi connectivity index (χ1v) is 21.8. The van der Waals surface area contributed by atoms with Crippen molar-refractivity contribution in [3.63, 3.8) is 0 Å². The van der Waals surface area contributed by atoms with Gasteiger partial charge < -0.3 is 9.47 Å². The number of unbranched alkanes of at least 4 members (excludes halogenated alkanes) is 34. The van der Waals surface area contributed by atoms with Gasteiger partial charge in [0.2, 0.25) is 0 Å². The fourth-order valence-corrected chi connectivity index (χ4v) is 6.55. The number of esters is 2. The Kier molecular flexibility index (Phi) is 46.9. The lowest BCUT2D eigenvalue weighted by molar-refractivity contribution is -0.141. The average molecular weight is 681 g/mol. The minimum Gasteiger partial charge on any atom is -0.469 e. The van der Waals surface area contributed by atoms with Gasteiger partial charge in [-0.2, -0.15) is 0 Å². The molecule has 288 valence electrons. The molecule has 0 unspecified atom stereocenters. The van der Waals surface area contributed by atoms with Gasteiger partial charge in [-0.3, -0.25) is 9.59 Å². The van der Waals surface area contributed by atoms with Gasteiger partial charge in [-0.25, -0.2) is 0 Å². The van der Waals surface area contributed by atoms with Crippen LogP contribution in [-0.2, 0) is 19.1 Å². The van der Waals surface area contributed by atoms with E-state index in [0.29, 0.717) is 12.8 Å². The molecule has 0 heterocycles. The molecule has 0 aromatic carbocycles. The summed E-state index contributed by atoms with van der Waals surface area (Å²) in [4.78, 5) is 21.9. The maximum absolute atomic E-state index is 11.0. The third kappa shape index (κ3) is 47.1. The van der Waals surface area contributed by atoms with Gasteiger partial charge in [-0.15, -0.1) is 0 Å². The predicted octanol–water partition coefficient (Wildman–Crippen LogP) is 15.2. The number of ether oxygens (including phenoxy) is 2. The minimum atomic E-state index is -0.0634. The molecule has 0 saturated carbocycles. The molecule has 48 heavy (non-hydrogen) atoms.